The molecular formula is C20H20F3NO4. The molecule has 1 aliphatic rings. The zero-order chi connectivity index (χ0) is 20.5. The number of carbonyl (C=O) groups excluding carboxylic acids is 2. The van der Waals surface area contributed by atoms with Crippen LogP contribution in [0.1, 0.15) is 18.5 Å². The maximum absolute atomic E-state index is 13.9. The number of halogens is 3. The van der Waals surface area contributed by atoms with Crippen molar-refractivity contribution in [3.63, 3.8) is 0 Å². The maximum Gasteiger partial charge on any atom is 0.394 e. The highest BCUT2D eigenvalue weighted by Crippen LogP contribution is 2.47. The Morgan fingerprint density at radius 1 is 1.07 bits per heavy atom. The highest BCUT2D eigenvalue weighted by Gasteiger charge is 2.62. The summed E-state index contributed by atoms with van der Waals surface area (Å²) in [5.41, 5.74) is 0.497. The Hall–Kier alpha value is -2.61. The minimum absolute atomic E-state index is 0.0644. The van der Waals surface area contributed by atoms with Gasteiger partial charge in [-0.2, -0.15) is 13.2 Å². The lowest BCUT2D eigenvalue weighted by Crippen LogP contribution is -2.45. The number of benzene rings is 2. The van der Waals surface area contributed by atoms with Gasteiger partial charge in [-0.3, -0.25) is 14.9 Å². The van der Waals surface area contributed by atoms with Crippen LogP contribution in [0.5, 0.6) is 0 Å². The number of rotatable bonds is 4. The summed E-state index contributed by atoms with van der Waals surface area (Å²) in [7, 11) is 1.02. The van der Waals surface area contributed by atoms with Crippen molar-refractivity contribution in [3.8, 4) is 0 Å². The highest BCUT2D eigenvalue weighted by molar-refractivity contribution is 5.88. The Morgan fingerprint density at radius 3 is 2.39 bits per heavy atom. The molecule has 0 aliphatic carbocycles. The van der Waals surface area contributed by atoms with Crippen molar-refractivity contribution in [1.82, 2.24) is 5.32 Å². The third kappa shape index (κ3) is 3.56. The molecule has 3 rings (SSSR count). The zero-order valence-corrected chi connectivity index (χ0v) is 15.3. The van der Waals surface area contributed by atoms with Crippen molar-refractivity contribution >= 4 is 22.7 Å². The fraction of sp³-hybridized carbons (Fsp3) is 0.400. The predicted molar refractivity (Wildman–Crippen MR) is 95.3 cm³/mol. The summed E-state index contributed by atoms with van der Waals surface area (Å²) >= 11 is 0. The number of hydrogen-bond acceptors (Lipinski definition) is 5. The van der Waals surface area contributed by atoms with Crippen molar-refractivity contribution in [2.75, 3.05) is 13.7 Å². The normalized spacial score (nSPS) is 24.9. The first-order valence-electron chi connectivity index (χ1n) is 8.84. The Balaban J connectivity index is 2.17. The second-order valence-electron chi connectivity index (χ2n) is 6.56. The van der Waals surface area contributed by atoms with E-state index in [2.05, 4.69) is 10.1 Å². The van der Waals surface area contributed by atoms with Crippen LogP contribution in [0.25, 0.3) is 10.8 Å². The van der Waals surface area contributed by atoms with Gasteiger partial charge < -0.3 is 9.47 Å². The van der Waals surface area contributed by atoms with Crippen LogP contribution in [0.3, 0.4) is 0 Å². The Morgan fingerprint density at radius 2 is 1.75 bits per heavy atom. The Bertz CT molecular complexity index is 878. The average molecular weight is 395 g/mol. The number of carbonyl (C=O) groups is 2. The van der Waals surface area contributed by atoms with Crippen molar-refractivity contribution in [1.29, 1.82) is 0 Å². The molecule has 1 aliphatic heterocycles. The molecule has 5 nitrogen and oxygen atoms in total. The third-order valence-electron chi connectivity index (χ3n) is 5.01. The molecule has 8 heteroatoms. The minimum Gasteiger partial charge on any atom is -0.468 e. The van der Waals surface area contributed by atoms with Crippen LogP contribution in [0.2, 0.25) is 0 Å². The molecule has 1 heterocycles. The zero-order valence-electron chi connectivity index (χ0n) is 15.3. The lowest BCUT2D eigenvalue weighted by Gasteiger charge is -2.25. The first-order chi connectivity index (χ1) is 13.3. The number of esters is 2. The van der Waals surface area contributed by atoms with Gasteiger partial charge in [-0.25, -0.2) is 0 Å². The number of methoxy groups -OCH3 is 1. The molecule has 0 radical (unpaired) electrons. The van der Waals surface area contributed by atoms with Crippen molar-refractivity contribution in [2.45, 2.75) is 25.2 Å². The largest absolute Gasteiger partial charge is 0.468 e. The molecule has 28 heavy (non-hydrogen) atoms. The van der Waals surface area contributed by atoms with E-state index in [1.807, 2.05) is 18.2 Å². The van der Waals surface area contributed by atoms with Gasteiger partial charge in [-0.05, 0) is 23.3 Å². The topological polar surface area (TPSA) is 64.6 Å². The number of ether oxygens (including phenoxy) is 2. The summed E-state index contributed by atoms with van der Waals surface area (Å²) in [6, 6.07) is 9.59. The summed E-state index contributed by atoms with van der Waals surface area (Å²) in [5, 5.41) is 4.21. The second-order valence-corrected chi connectivity index (χ2v) is 6.56. The van der Waals surface area contributed by atoms with Gasteiger partial charge >= 0.3 is 18.1 Å². The molecule has 0 aromatic heterocycles. The number of alkyl halides is 3. The smallest absolute Gasteiger partial charge is 0.394 e. The molecule has 1 N–H and O–H groups in total. The molecular weight excluding hydrogens is 375 g/mol. The van der Waals surface area contributed by atoms with Gasteiger partial charge in [0.2, 0.25) is 0 Å². The Labute approximate surface area is 159 Å². The van der Waals surface area contributed by atoms with Gasteiger partial charge in [0.05, 0.1) is 25.6 Å². The van der Waals surface area contributed by atoms with Gasteiger partial charge in [0.25, 0.3) is 0 Å². The SMILES string of the molecule is CCOC(=O)[C@H]1[C@@H](C(F)(F)F)[C@H](C(=O)OC)N[C@@H]1c1cccc2ccccc12. The molecule has 0 spiro atoms. The van der Waals surface area contributed by atoms with Crippen LogP contribution in [0.4, 0.5) is 13.2 Å². The molecule has 0 bridgehead atoms. The Kier molecular flexibility index (Phi) is 5.60. The van der Waals surface area contributed by atoms with E-state index in [1.54, 1.807) is 24.3 Å². The summed E-state index contributed by atoms with van der Waals surface area (Å²) in [6.07, 6.45) is -4.80. The number of nitrogens with one attached hydrogen (secondary N) is 1. The van der Waals surface area contributed by atoms with E-state index < -0.39 is 42.0 Å². The molecule has 2 aromatic carbocycles. The van der Waals surface area contributed by atoms with Gasteiger partial charge in [0, 0.05) is 6.04 Å². The van der Waals surface area contributed by atoms with Crippen LogP contribution in [-0.4, -0.2) is 37.9 Å². The third-order valence-corrected chi connectivity index (χ3v) is 5.01. The molecule has 2 aromatic rings. The molecule has 0 saturated carbocycles. The number of fused-ring (bicyclic) bond motifs is 1. The van der Waals surface area contributed by atoms with E-state index in [9.17, 15) is 22.8 Å². The van der Waals surface area contributed by atoms with Crippen molar-refractivity contribution < 1.29 is 32.2 Å². The van der Waals surface area contributed by atoms with Gasteiger partial charge in [-0.15, -0.1) is 0 Å². The van der Waals surface area contributed by atoms with Crippen LogP contribution in [0.15, 0.2) is 42.5 Å². The van der Waals surface area contributed by atoms with E-state index in [4.69, 9.17) is 4.74 Å². The van der Waals surface area contributed by atoms with E-state index in [0.29, 0.717) is 10.9 Å². The van der Waals surface area contributed by atoms with E-state index >= 15 is 0 Å². The first kappa shape index (κ1) is 20.1. The molecule has 1 saturated heterocycles. The van der Waals surface area contributed by atoms with Gasteiger partial charge in [0.15, 0.2) is 0 Å². The maximum atomic E-state index is 13.9. The van der Waals surface area contributed by atoms with Crippen LogP contribution in [0, 0.1) is 11.8 Å². The highest BCUT2D eigenvalue weighted by atomic mass is 19.4. The van der Waals surface area contributed by atoms with Crippen molar-refractivity contribution in [2.24, 2.45) is 11.8 Å². The molecule has 150 valence electrons. The average Bonchev–Trinajstić information content (AvgIpc) is 3.08. The van der Waals surface area contributed by atoms with Crippen LogP contribution in [-0.2, 0) is 19.1 Å². The summed E-state index contributed by atoms with van der Waals surface area (Å²) in [4.78, 5) is 24.7. The molecule has 1 fully saturated rings. The standard InChI is InChI=1S/C20H20F3NO4/c1-3-28-18(25)14-15(20(21,22)23)17(19(26)27-2)24-16(14)13-10-6-8-11-7-4-5-9-12(11)13/h4-10,14-17,24H,3H2,1-2H3/t14-,15+,16+,17+/m0/s1. The first-order valence-corrected chi connectivity index (χ1v) is 8.84. The quantitative estimate of drug-likeness (QED) is 0.804. The monoisotopic (exact) mass is 395 g/mol. The summed E-state index contributed by atoms with van der Waals surface area (Å²) in [6.45, 7) is 1.46. The predicted octanol–water partition coefficient (Wildman–Crippen LogP) is 3.38. The van der Waals surface area contributed by atoms with Crippen LogP contribution < -0.4 is 5.32 Å². The van der Waals surface area contributed by atoms with Gasteiger partial charge in [-0.1, -0.05) is 42.5 Å². The lowest BCUT2D eigenvalue weighted by atomic mass is 9.82. The number of hydrogen-bond donors (Lipinski definition) is 1. The fourth-order valence-electron chi connectivity index (χ4n) is 3.88. The summed E-state index contributed by atoms with van der Waals surface area (Å²) < 4.78 is 51.2. The fourth-order valence-corrected chi connectivity index (χ4v) is 3.88. The lowest BCUT2D eigenvalue weighted by molar-refractivity contribution is -0.200. The van der Waals surface area contributed by atoms with Crippen LogP contribution >= 0.6 is 0 Å². The molecule has 4 atom stereocenters. The second kappa shape index (κ2) is 7.79. The van der Waals surface area contributed by atoms with Gasteiger partial charge in [0.1, 0.15) is 6.04 Å². The molecule has 0 unspecified atom stereocenters. The van der Waals surface area contributed by atoms with E-state index in [1.165, 1.54) is 6.92 Å². The van der Waals surface area contributed by atoms with E-state index in [-0.39, 0.29) is 6.61 Å². The minimum atomic E-state index is -4.80. The van der Waals surface area contributed by atoms with Crippen molar-refractivity contribution in [3.05, 3.63) is 48.0 Å². The van der Waals surface area contributed by atoms with E-state index in [0.717, 1.165) is 12.5 Å². The summed E-state index contributed by atoms with van der Waals surface area (Å²) in [5.74, 6) is -5.95. The molecule has 0 amide bonds.